The smallest absolute Gasteiger partial charge is 0.270 e. The first-order chi connectivity index (χ1) is 7.56. The van der Waals surface area contributed by atoms with Gasteiger partial charge < -0.3 is 5.32 Å². The van der Waals surface area contributed by atoms with Crippen LogP contribution in [0.1, 0.15) is 23.7 Å². The minimum atomic E-state index is -0.525. The van der Waals surface area contributed by atoms with E-state index in [1.807, 2.05) is 6.92 Å². The topological polar surface area (TPSA) is 72.2 Å². The van der Waals surface area contributed by atoms with E-state index in [1.165, 1.54) is 18.2 Å². The van der Waals surface area contributed by atoms with Crippen LogP contribution in [0.15, 0.2) is 22.7 Å². The molecule has 1 aromatic rings. The van der Waals surface area contributed by atoms with Crippen molar-refractivity contribution < 1.29 is 9.72 Å². The SMILES string of the molecule is CCCNC(=O)c1cc([N+](=O)[O-])ccc1Br. The maximum absolute atomic E-state index is 11.6. The summed E-state index contributed by atoms with van der Waals surface area (Å²) in [6, 6.07) is 4.11. The standard InChI is InChI=1S/C10H11BrN2O3/c1-2-5-12-10(14)8-6-7(13(15)16)3-4-9(8)11/h3-4,6H,2,5H2,1H3,(H,12,14). The average molecular weight is 287 g/mol. The average Bonchev–Trinajstić information content (AvgIpc) is 2.26. The van der Waals surface area contributed by atoms with Gasteiger partial charge >= 0.3 is 0 Å². The molecule has 1 rings (SSSR count). The Labute approximate surface area is 101 Å². The molecule has 1 aromatic carbocycles. The Bertz CT molecular complexity index is 421. The molecule has 5 nitrogen and oxygen atoms in total. The summed E-state index contributed by atoms with van der Waals surface area (Å²) in [6.07, 6.45) is 0.818. The lowest BCUT2D eigenvalue weighted by molar-refractivity contribution is -0.384. The normalized spacial score (nSPS) is 9.88. The highest BCUT2D eigenvalue weighted by Gasteiger charge is 2.14. The summed E-state index contributed by atoms with van der Waals surface area (Å²) in [6.45, 7) is 2.48. The number of carbonyl (C=O) groups is 1. The molecule has 0 aromatic heterocycles. The highest BCUT2D eigenvalue weighted by Crippen LogP contribution is 2.22. The van der Waals surface area contributed by atoms with Crippen LogP contribution in [0.5, 0.6) is 0 Å². The Morgan fingerprint density at radius 1 is 1.56 bits per heavy atom. The molecular formula is C10H11BrN2O3. The first-order valence-electron chi connectivity index (χ1n) is 4.78. The van der Waals surface area contributed by atoms with Crippen molar-refractivity contribution in [2.75, 3.05) is 6.54 Å². The summed E-state index contributed by atoms with van der Waals surface area (Å²) in [7, 11) is 0. The van der Waals surface area contributed by atoms with Gasteiger partial charge in [-0.3, -0.25) is 14.9 Å². The van der Waals surface area contributed by atoms with Gasteiger partial charge in [0.25, 0.3) is 11.6 Å². The summed E-state index contributed by atoms with van der Waals surface area (Å²) < 4.78 is 0.548. The molecule has 0 aliphatic carbocycles. The van der Waals surface area contributed by atoms with E-state index in [0.29, 0.717) is 11.0 Å². The zero-order valence-corrected chi connectivity index (χ0v) is 10.3. The first-order valence-corrected chi connectivity index (χ1v) is 5.57. The second kappa shape index (κ2) is 5.60. The van der Waals surface area contributed by atoms with Gasteiger partial charge in [-0.15, -0.1) is 0 Å². The second-order valence-corrected chi connectivity index (χ2v) is 4.03. The van der Waals surface area contributed by atoms with Crippen LogP contribution >= 0.6 is 15.9 Å². The van der Waals surface area contributed by atoms with Crippen LogP contribution in [-0.4, -0.2) is 17.4 Å². The molecule has 0 fully saturated rings. The van der Waals surface area contributed by atoms with E-state index < -0.39 is 4.92 Å². The van der Waals surface area contributed by atoms with E-state index in [1.54, 1.807) is 0 Å². The highest BCUT2D eigenvalue weighted by molar-refractivity contribution is 9.10. The Morgan fingerprint density at radius 2 is 2.25 bits per heavy atom. The molecule has 0 radical (unpaired) electrons. The molecule has 0 atom stereocenters. The number of carbonyl (C=O) groups excluding carboxylic acids is 1. The predicted octanol–water partition coefficient (Wildman–Crippen LogP) is 2.50. The Morgan fingerprint density at radius 3 is 2.81 bits per heavy atom. The number of non-ortho nitro benzene ring substituents is 1. The second-order valence-electron chi connectivity index (χ2n) is 3.18. The molecule has 86 valence electrons. The van der Waals surface area contributed by atoms with E-state index in [9.17, 15) is 14.9 Å². The van der Waals surface area contributed by atoms with Crippen molar-refractivity contribution in [1.82, 2.24) is 5.32 Å². The summed E-state index contributed by atoms with van der Waals surface area (Å²) in [5, 5.41) is 13.2. The van der Waals surface area contributed by atoms with E-state index in [4.69, 9.17) is 0 Å². The van der Waals surface area contributed by atoms with Crippen molar-refractivity contribution in [2.24, 2.45) is 0 Å². The van der Waals surface area contributed by atoms with E-state index in [2.05, 4.69) is 21.2 Å². The van der Waals surface area contributed by atoms with Gasteiger partial charge in [0.05, 0.1) is 10.5 Å². The summed E-state index contributed by atoms with van der Waals surface area (Å²) in [5.74, 6) is -0.308. The largest absolute Gasteiger partial charge is 0.352 e. The fourth-order valence-corrected chi connectivity index (χ4v) is 1.56. The number of nitrogens with zero attached hydrogens (tertiary/aromatic N) is 1. The molecule has 16 heavy (non-hydrogen) atoms. The number of hydrogen-bond acceptors (Lipinski definition) is 3. The van der Waals surface area contributed by atoms with Crippen LogP contribution in [0.25, 0.3) is 0 Å². The number of benzene rings is 1. The fraction of sp³-hybridized carbons (Fsp3) is 0.300. The molecule has 0 heterocycles. The van der Waals surface area contributed by atoms with Gasteiger partial charge in [0, 0.05) is 23.2 Å². The lowest BCUT2D eigenvalue weighted by Crippen LogP contribution is -2.24. The van der Waals surface area contributed by atoms with Gasteiger partial charge in [0.15, 0.2) is 0 Å². The van der Waals surface area contributed by atoms with Gasteiger partial charge in [-0.2, -0.15) is 0 Å². The molecule has 1 N–H and O–H groups in total. The molecule has 0 bridgehead atoms. The zero-order chi connectivity index (χ0) is 12.1. The van der Waals surface area contributed by atoms with Crippen LogP contribution in [0, 0.1) is 10.1 Å². The van der Waals surface area contributed by atoms with E-state index >= 15 is 0 Å². The van der Waals surface area contributed by atoms with Gasteiger partial charge in [0.1, 0.15) is 0 Å². The molecule has 0 unspecified atom stereocenters. The first kappa shape index (κ1) is 12.6. The van der Waals surface area contributed by atoms with E-state index in [-0.39, 0.29) is 17.2 Å². The highest BCUT2D eigenvalue weighted by atomic mass is 79.9. The lowest BCUT2D eigenvalue weighted by Gasteiger charge is -2.05. The molecule has 1 amide bonds. The monoisotopic (exact) mass is 286 g/mol. The molecule has 0 aliphatic heterocycles. The van der Waals surface area contributed by atoms with Crippen LogP contribution in [-0.2, 0) is 0 Å². The molecule has 0 saturated heterocycles. The molecule has 0 spiro atoms. The number of rotatable bonds is 4. The van der Waals surface area contributed by atoms with Gasteiger partial charge in [0.2, 0.25) is 0 Å². The predicted molar refractivity (Wildman–Crippen MR) is 63.4 cm³/mol. The Hall–Kier alpha value is -1.43. The third-order valence-electron chi connectivity index (χ3n) is 1.94. The number of hydrogen-bond donors (Lipinski definition) is 1. The van der Waals surface area contributed by atoms with Crippen LogP contribution in [0.2, 0.25) is 0 Å². The Kier molecular flexibility index (Phi) is 4.42. The maximum atomic E-state index is 11.6. The van der Waals surface area contributed by atoms with Crippen molar-refractivity contribution in [3.8, 4) is 0 Å². The quantitative estimate of drug-likeness (QED) is 0.683. The molecule has 6 heteroatoms. The van der Waals surface area contributed by atoms with E-state index in [0.717, 1.165) is 6.42 Å². The van der Waals surface area contributed by atoms with Gasteiger partial charge in [-0.1, -0.05) is 6.92 Å². The third-order valence-corrected chi connectivity index (χ3v) is 2.63. The zero-order valence-electron chi connectivity index (χ0n) is 8.70. The maximum Gasteiger partial charge on any atom is 0.270 e. The van der Waals surface area contributed by atoms with Crippen molar-refractivity contribution in [3.05, 3.63) is 38.3 Å². The van der Waals surface area contributed by atoms with Crippen LogP contribution < -0.4 is 5.32 Å². The minimum absolute atomic E-state index is 0.0927. The molecule has 0 saturated carbocycles. The third kappa shape index (κ3) is 3.03. The summed E-state index contributed by atoms with van der Waals surface area (Å²) in [4.78, 5) is 21.7. The van der Waals surface area contributed by atoms with Crippen molar-refractivity contribution in [3.63, 3.8) is 0 Å². The lowest BCUT2D eigenvalue weighted by atomic mass is 10.2. The number of nitrogens with one attached hydrogen (secondary N) is 1. The van der Waals surface area contributed by atoms with Gasteiger partial charge in [-0.05, 0) is 28.4 Å². The fourth-order valence-electron chi connectivity index (χ4n) is 1.13. The van der Waals surface area contributed by atoms with Crippen LogP contribution in [0.3, 0.4) is 0 Å². The van der Waals surface area contributed by atoms with Crippen molar-refractivity contribution in [1.29, 1.82) is 0 Å². The van der Waals surface area contributed by atoms with Crippen LogP contribution in [0.4, 0.5) is 5.69 Å². The Balaban J connectivity index is 2.97. The summed E-state index contributed by atoms with van der Waals surface area (Å²) >= 11 is 3.19. The number of halogens is 1. The minimum Gasteiger partial charge on any atom is -0.352 e. The van der Waals surface area contributed by atoms with Gasteiger partial charge in [-0.25, -0.2) is 0 Å². The number of amides is 1. The van der Waals surface area contributed by atoms with Crippen molar-refractivity contribution in [2.45, 2.75) is 13.3 Å². The number of nitro groups is 1. The molecular weight excluding hydrogens is 276 g/mol. The number of nitro benzene ring substituents is 1. The van der Waals surface area contributed by atoms with Crippen molar-refractivity contribution >= 4 is 27.5 Å². The summed E-state index contributed by atoms with van der Waals surface area (Å²) in [5.41, 5.74) is 0.187. The molecule has 0 aliphatic rings.